The van der Waals surface area contributed by atoms with Crippen LogP contribution in [-0.4, -0.2) is 30.4 Å². The molecule has 2 rings (SSSR count). The van der Waals surface area contributed by atoms with Crippen molar-refractivity contribution in [1.82, 2.24) is 5.32 Å². The topological polar surface area (TPSA) is 41.5 Å². The lowest BCUT2D eigenvalue weighted by molar-refractivity contribution is -0.00391. The predicted molar refractivity (Wildman–Crippen MR) is 86.2 cm³/mol. The highest BCUT2D eigenvalue weighted by molar-refractivity contribution is 5.16. The second-order valence-corrected chi connectivity index (χ2v) is 6.32. The van der Waals surface area contributed by atoms with Crippen molar-refractivity contribution in [2.24, 2.45) is 5.92 Å². The lowest BCUT2D eigenvalue weighted by atomic mass is 9.86. The van der Waals surface area contributed by atoms with Crippen molar-refractivity contribution in [3.05, 3.63) is 35.9 Å². The van der Waals surface area contributed by atoms with Crippen LogP contribution in [0.1, 0.15) is 51.2 Å². The summed E-state index contributed by atoms with van der Waals surface area (Å²) in [6.45, 7) is 5.33. The number of aliphatic hydroxyl groups is 1. The van der Waals surface area contributed by atoms with Gasteiger partial charge >= 0.3 is 0 Å². The van der Waals surface area contributed by atoms with Crippen LogP contribution in [0.2, 0.25) is 0 Å². The van der Waals surface area contributed by atoms with Crippen LogP contribution in [0.4, 0.5) is 0 Å². The molecular formula is C18H29NO2. The molecule has 1 aliphatic rings. The van der Waals surface area contributed by atoms with Crippen LogP contribution < -0.4 is 5.32 Å². The first kappa shape index (κ1) is 16.5. The molecule has 0 saturated heterocycles. The van der Waals surface area contributed by atoms with Crippen molar-refractivity contribution in [3.8, 4) is 0 Å². The average Bonchev–Trinajstić information content (AvgIpc) is 2.52. The molecule has 0 aliphatic heterocycles. The van der Waals surface area contributed by atoms with Gasteiger partial charge in [-0.15, -0.1) is 0 Å². The van der Waals surface area contributed by atoms with E-state index in [0.29, 0.717) is 19.2 Å². The Morgan fingerprint density at radius 3 is 2.67 bits per heavy atom. The number of benzene rings is 1. The second kappa shape index (κ2) is 8.52. The summed E-state index contributed by atoms with van der Waals surface area (Å²) in [5.74, 6) is 0.718. The van der Waals surface area contributed by atoms with Crippen LogP contribution in [0.5, 0.6) is 0 Å². The van der Waals surface area contributed by atoms with Gasteiger partial charge in [0.05, 0.1) is 18.8 Å². The van der Waals surface area contributed by atoms with E-state index in [1.807, 2.05) is 25.1 Å². The van der Waals surface area contributed by atoms with Crippen molar-refractivity contribution in [2.75, 3.05) is 13.2 Å². The molecule has 3 heteroatoms. The predicted octanol–water partition coefficient (Wildman–Crippen LogP) is 3.29. The molecule has 118 valence electrons. The highest BCUT2D eigenvalue weighted by Gasteiger charge is 2.21. The van der Waals surface area contributed by atoms with Crippen molar-refractivity contribution in [1.29, 1.82) is 0 Å². The SMILES string of the molecule is CC(OCC(O)CNC1CCCCC1C)c1ccccc1. The first-order chi connectivity index (χ1) is 10.2. The third-order valence-electron chi connectivity index (χ3n) is 4.53. The van der Waals surface area contributed by atoms with Crippen LogP contribution in [0, 0.1) is 5.92 Å². The molecule has 0 spiro atoms. The van der Waals surface area contributed by atoms with E-state index in [0.717, 1.165) is 11.5 Å². The molecule has 1 saturated carbocycles. The molecule has 1 aromatic carbocycles. The standard InChI is InChI=1S/C18H29NO2/c1-14-8-6-7-11-18(14)19-12-17(20)13-21-15(2)16-9-4-3-5-10-16/h3-5,9-10,14-15,17-20H,6-8,11-13H2,1-2H3. The first-order valence-electron chi connectivity index (χ1n) is 8.25. The zero-order chi connectivity index (χ0) is 15.1. The zero-order valence-electron chi connectivity index (χ0n) is 13.3. The highest BCUT2D eigenvalue weighted by atomic mass is 16.5. The number of hydrogen-bond acceptors (Lipinski definition) is 3. The fourth-order valence-electron chi connectivity index (χ4n) is 3.04. The van der Waals surface area contributed by atoms with Crippen LogP contribution >= 0.6 is 0 Å². The van der Waals surface area contributed by atoms with Gasteiger partial charge in [-0.1, -0.05) is 50.1 Å². The minimum absolute atomic E-state index is 0.0226. The number of aliphatic hydroxyl groups excluding tert-OH is 1. The monoisotopic (exact) mass is 291 g/mol. The van der Waals surface area contributed by atoms with Crippen molar-refractivity contribution in [2.45, 2.75) is 57.8 Å². The summed E-state index contributed by atoms with van der Waals surface area (Å²) in [5, 5.41) is 13.6. The van der Waals surface area contributed by atoms with Gasteiger partial charge in [0, 0.05) is 12.6 Å². The quantitative estimate of drug-likeness (QED) is 0.810. The first-order valence-corrected chi connectivity index (χ1v) is 8.25. The van der Waals surface area contributed by atoms with Crippen LogP contribution in [0.25, 0.3) is 0 Å². The van der Waals surface area contributed by atoms with Gasteiger partial charge in [0.1, 0.15) is 0 Å². The molecule has 2 N–H and O–H groups in total. The van der Waals surface area contributed by atoms with Crippen LogP contribution in [0.15, 0.2) is 30.3 Å². The fraction of sp³-hybridized carbons (Fsp3) is 0.667. The largest absolute Gasteiger partial charge is 0.389 e. The Kier molecular flexibility index (Phi) is 6.68. The molecule has 4 atom stereocenters. The van der Waals surface area contributed by atoms with E-state index in [9.17, 15) is 5.11 Å². The second-order valence-electron chi connectivity index (χ2n) is 6.32. The fourth-order valence-corrected chi connectivity index (χ4v) is 3.04. The van der Waals surface area contributed by atoms with Gasteiger partial charge in [-0.2, -0.15) is 0 Å². The van der Waals surface area contributed by atoms with E-state index in [1.165, 1.54) is 25.7 Å². The lowest BCUT2D eigenvalue weighted by Gasteiger charge is -2.30. The minimum Gasteiger partial charge on any atom is -0.389 e. The van der Waals surface area contributed by atoms with E-state index < -0.39 is 6.10 Å². The summed E-state index contributed by atoms with van der Waals surface area (Å²) in [6, 6.07) is 10.7. The lowest BCUT2D eigenvalue weighted by Crippen LogP contribution is -2.42. The number of nitrogens with one attached hydrogen (secondary N) is 1. The zero-order valence-corrected chi connectivity index (χ0v) is 13.3. The minimum atomic E-state index is -0.440. The number of hydrogen-bond donors (Lipinski definition) is 2. The van der Waals surface area contributed by atoms with E-state index in [4.69, 9.17) is 4.74 Å². The van der Waals surface area contributed by atoms with Crippen molar-refractivity contribution >= 4 is 0 Å². The summed E-state index contributed by atoms with van der Waals surface area (Å²) in [5.41, 5.74) is 1.15. The van der Waals surface area contributed by atoms with Crippen molar-refractivity contribution in [3.63, 3.8) is 0 Å². The molecule has 4 unspecified atom stereocenters. The van der Waals surface area contributed by atoms with Gasteiger partial charge < -0.3 is 15.2 Å². The Balaban J connectivity index is 1.66. The summed E-state index contributed by atoms with van der Waals surface area (Å²) in [4.78, 5) is 0. The highest BCUT2D eigenvalue weighted by Crippen LogP contribution is 2.23. The van der Waals surface area contributed by atoms with Gasteiger partial charge in [0.15, 0.2) is 0 Å². The van der Waals surface area contributed by atoms with Gasteiger partial charge in [-0.05, 0) is 31.2 Å². The maximum Gasteiger partial charge on any atom is 0.0898 e. The molecule has 21 heavy (non-hydrogen) atoms. The Morgan fingerprint density at radius 2 is 1.95 bits per heavy atom. The molecule has 1 fully saturated rings. The molecular weight excluding hydrogens is 262 g/mol. The van der Waals surface area contributed by atoms with E-state index >= 15 is 0 Å². The summed E-state index contributed by atoms with van der Waals surface area (Å²) >= 11 is 0. The molecule has 0 radical (unpaired) electrons. The molecule has 0 heterocycles. The molecule has 1 aliphatic carbocycles. The molecule has 0 bridgehead atoms. The van der Waals surface area contributed by atoms with Gasteiger partial charge in [0.2, 0.25) is 0 Å². The van der Waals surface area contributed by atoms with Gasteiger partial charge in [-0.25, -0.2) is 0 Å². The smallest absolute Gasteiger partial charge is 0.0898 e. The van der Waals surface area contributed by atoms with Gasteiger partial charge in [0.25, 0.3) is 0 Å². The third-order valence-corrected chi connectivity index (χ3v) is 4.53. The van der Waals surface area contributed by atoms with E-state index in [1.54, 1.807) is 0 Å². The maximum absolute atomic E-state index is 10.1. The molecule has 1 aromatic rings. The molecule has 0 aromatic heterocycles. The Hall–Kier alpha value is -0.900. The molecule has 3 nitrogen and oxygen atoms in total. The summed E-state index contributed by atoms with van der Waals surface area (Å²) in [7, 11) is 0. The Bertz CT molecular complexity index is 395. The maximum atomic E-state index is 10.1. The van der Waals surface area contributed by atoms with E-state index in [-0.39, 0.29) is 6.10 Å². The van der Waals surface area contributed by atoms with Crippen molar-refractivity contribution < 1.29 is 9.84 Å². The number of ether oxygens (including phenoxy) is 1. The van der Waals surface area contributed by atoms with Crippen LogP contribution in [0.3, 0.4) is 0 Å². The van der Waals surface area contributed by atoms with E-state index in [2.05, 4.69) is 24.4 Å². The Morgan fingerprint density at radius 1 is 1.24 bits per heavy atom. The third kappa shape index (κ3) is 5.42. The summed E-state index contributed by atoms with van der Waals surface area (Å²) < 4.78 is 5.77. The Labute approximate surface area is 128 Å². The molecule has 0 amide bonds. The average molecular weight is 291 g/mol. The normalized spacial score (nSPS) is 25.5. The summed E-state index contributed by atoms with van der Waals surface area (Å²) in [6.07, 6.45) is 4.77. The number of rotatable bonds is 7. The van der Waals surface area contributed by atoms with Gasteiger partial charge in [-0.3, -0.25) is 0 Å². The van der Waals surface area contributed by atoms with Crippen LogP contribution in [-0.2, 0) is 4.74 Å².